The Labute approximate surface area is 236 Å². The van der Waals surface area contributed by atoms with Crippen LogP contribution >= 0.6 is 0 Å². The minimum atomic E-state index is -1.19. The number of hydrogen-bond acceptors (Lipinski definition) is 5. The van der Waals surface area contributed by atoms with Gasteiger partial charge in [0.2, 0.25) is 17.7 Å². The van der Waals surface area contributed by atoms with E-state index in [1.165, 1.54) is 0 Å². The van der Waals surface area contributed by atoms with Crippen LogP contribution in [-0.2, 0) is 19.1 Å². The highest BCUT2D eigenvalue weighted by Gasteiger charge is 2.80. The lowest BCUT2D eigenvalue weighted by molar-refractivity contribution is -0.149. The first-order valence-electron chi connectivity index (χ1n) is 14.4. The third-order valence-corrected chi connectivity index (χ3v) is 9.90. The van der Waals surface area contributed by atoms with E-state index in [1.807, 2.05) is 90.1 Å². The summed E-state index contributed by atoms with van der Waals surface area (Å²) in [6.45, 7) is 11.5. The molecule has 0 aliphatic carbocycles. The van der Waals surface area contributed by atoms with Crippen molar-refractivity contribution in [1.82, 2.24) is 4.90 Å². The lowest BCUT2D eigenvalue weighted by Crippen LogP contribution is -2.57. The van der Waals surface area contributed by atoms with Gasteiger partial charge in [-0.1, -0.05) is 63.6 Å². The number of para-hydroxylation sites is 2. The van der Waals surface area contributed by atoms with Gasteiger partial charge in [-0.3, -0.25) is 14.4 Å². The van der Waals surface area contributed by atoms with Crippen molar-refractivity contribution < 1.29 is 24.2 Å². The molecule has 2 bridgehead atoms. The van der Waals surface area contributed by atoms with E-state index in [9.17, 15) is 19.5 Å². The fourth-order valence-corrected chi connectivity index (χ4v) is 7.49. The summed E-state index contributed by atoms with van der Waals surface area (Å²) in [4.78, 5) is 44.3. The average Bonchev–Trinajstić information content (AvgIpc) is 3.44. The number of carbonyl (C=O) groups is 3. The lowest BCUT2D eigenvalue weighted by Gasteiger charge is -2.39. The molecule has 5 rings (SSSR count). The maximum absolute atomic E-state index is 14.5. The number of aliphatic hydroxyl groups is 1. The Morgan fingerprint density at radius 1 is 1.07 bits per heavy atom. The Balaban J connectivity index is 1.61. The summed E-state index contributed by atoms with van der Waals surface area (Å²) in [6, 6.07) is 13.4. The van der Waals surface area contributed by atoms with E-state index in [0.29, 0.717) is 24.2 Å². The van der Waals surface area contributed by atoms with Gasteiger partial charge in [0, 0.05) is 11.4 Å². The topological polar surface area (TPSA) is 108 Å². The minimum absolute atomic E-state index is 0.0681. The number of nitrogens with one attached hydrogen (secondary N) is 2. The number of aryl methyl sites for hydroxylation is 2. The van der Waals surface area contributed by atoms with Crippen LogP contribution in [0.2, 0.25) is 0 Å². The third-order valence-electron chi connectivity index (χ3n) is 9.90. The number of rotatable bonds is 8. The van der Waals surface area contributed by atoms with Gasteiger partial charge in [-0.15, -0.1) is 0 Å². The normalized spacial score (nSPS) is 32.1. The van der Waals surface area contributed by atoms with Gasteiger partial charge in [0.25, 0.3) is 0 Å². The molecule has 3 fully saturated rings. The van der Waals surface area contributed by atoms with Crippen LogP contribution in [0.3, 0.4) is 0 Å². The highest BCUT2D eigenvalue weighted by Crippen LogP contribution is 2.65. The largest absolute Gasteiger partial charge is 0.394 e. The van der Waals surface area contributed by atoms with Crippen molar-refractivity contribution >= 4 is 29.1 Å². The summed E-state index contributed by atoms with van der Waals surface area (Å²) in [7, 11) is 0. The molecule has 0 saturated carbocycles. The zero-order chi connectivity index (χ0) is 29.0. The van der Waals surface area contributed by atoms with E-state index in [4.69, 9.17) is 4.74 Å². The van der Waals surface area contributed by atoms with Crippen LogP contribution in [0, 0.1) is 37.5 Å². The molecule has 3 saturated heterocycles. The second-order valence-corrected chi connectivity index (χ2v) is 12.2. The Morgan fingerprint density at radius 3 is 2.33 bits per heavy atom. The standard InChI is InChI=1S/C32H41N3O5/c1-7-18(2)23(17-36)35-27(29(38)34-26-19(3)12-11-13-20(26)4)32-16-21(5)31(6,40-32)24(25(32)30(35)39)28(37)33-22-14-9-8-10-15-22/h8-15,18,21,23-25,27,36H,7,16-17H2,1-6H3,(H,33,37)(H,34,38)/t18-,21?,23-,24-,25-,27?,31+,32?/m0/s1. The van der Waals surface area contributed by atoms with E-state index in [2.05, 4.69) is 10.6 Å². The van der Waals surface area contributed by atoms with Gasteiger partial charge >= 0.3 is 0 Å². The summed E-state index contributed by atoms with van der Waals surface area (Å²) in [5, 5.41) is 16.6. The second kappa shape index (κ2) is 10.3. The van der Waals surface area contributed by atoms with E-state index in [1.54, 1.807) is 4.90 Å². The molecule has 8 heteroatoms. The number of anilines is 2. The number of fused-ring (bicyclic) bond motifs is 1. The van der Waals surface area contributed by atoms with Crippen LogP contribution in [0.4, 0.5) is 11.4 Å². The van der Waals surface area contributed by atoms with Crippen molar-refractivity contribution in [3.05, 3.63) is 59.7 Å². The minimum Gasteiger partial charge on any atom is -0.394 e. The predicted octanol–water partition coefficient (Wildman–Crippen LogP) is 4.30. The fourth-order valence-electron chi connectivity index (χ4n) is 7.49. The summed E-state index contributed by atoms with van der Waals surface area (Å²) in [5.41, 5.74) is 1.06. The van der Waals surface area contributed by atoms with Crippen molar-refractivity contribution in [2.45, 2.75) is 77.7 Å². The summed E-state index contributed by atoms with van der Waals surface area (Å²) < 4.78 is 6.83. The Kier molecular flexibility index (Phi) is 7.29. The number of hydrogen-bond donors (Lipinski definition) is 3. The second-order valence-electron chi connectivity index (χ2n) is 12.2. The van der Waals surface area contributed by atoms with Crippen molar-refractivity contribution in [1.29, 1.82) is 0 Å². The predicted molar refractivity (Wildman–Crippen MR) is 154 cm³/mol. The number of benzene rings is 2. The highest BCUT2D eigenvalue weighted by atomic mass is 16.5. The van der Waals surface area contributed by atoms with Gasteiger partial charge in [-0.25, -0.2) is 0 Å². The first-order chi connectivity index (χ1) is 19.0. The van der Waals surface area contributed by atoms with Crippen LogP contribution in [-0.4, -0.2) is 57.6 Å². The number of likely N-dealkylation sites (tertiary alicyclic amines) is 1. The molecule has 3 aliphatic rings. The molecule has 0 radical (unpaired) electrons. The first kappa shape index (κ1) is 28.3. The molecule has 3 heterocycles. The Hall–Kier alpha value is -3.23. The number of aliphatic hydroxyl groups excluding tert-OH is 1. The average molecular weight is 548 g/mol. The monoisotopic (exact) mass is 547 g/mol. The van der Waals surface area contributed by atoms with Gasteiger partial charge in [0.15, 0.2) is 0 Å². The van der Waals surface area contributed by atoms with Crippen molar-refractivity contribution in [2.24, 2.45) is 23.7 Å². The van der Waals surface area contributed by atoms with Crippen molar-refractivity contribution in [2.75, 3.05) is 17.2 Å². The molecule has 8 nitrogen and oxygen atoms in total. The van der Waals surface area contributed by atoms with Gasteiger partial charge in [0.1, 0.15) is 11.6 Å². The Bertz CT molecular complexity index is 1290. The maximum Gasteiger partial charge on any atom is 0.250 e. The molecule has 214 valence electrons. The molecular formula is C32H41N3O5. The molecule has 2 aromatic rings. The molecule has 3 unspecified atom stereocenters. The fraction of sp³-hybridized carbons (Fsp3) is 0.531. The Morgan fingerprint density at radius 2 is 1.73 bits per heavy atom. The maximum atomic E-state index is 14.5. The molecular weight excluding hydrogens is 506 g/mol. The van der Waals surface area contributed by atoms with E-state index in [-0.39, 0.29) is 36.2 Å². The van der Waals surface area contributed by atoms with Gasteiger partial charge in [-0.2, -0.15) is 0 Å². The van der Waals surface area contributed by atoms with Crippen LogP contribution in [0.5, 0.6) is 0 Å². The summed E-state index contributed by atoms with van der Waals surface area (Å²) in [6.07, 6.45) is 1.18. The van der Waals surface area contributed by atoms with Crippen molar-refractivity contribution in [3.8, 4) is 0 Å². The van der Waals surface area contributed by atoms with Gasteiger partial charge < -0.3 is 25.4 Å². The molecule has 2 aromatic carbocycles. The first-order valence-corrected chi connectivity index (χ1v) is 14.4. The number of amides is 3. The number of nitrogens with zero attached hydrogens (tertiary/aromatic N) is 1. The molecule has 40 heavy (non-hydrogen) atoms. The van der Waals surface area contributed by atoms with E-state index < -0.39 is 35.1 Å². The quantitative estimate of drug-likeness (QED) is 0.457. The lowest BCUT2D eigenvalue weighted by atomic mass is 9.62. The molecule has 0 aromatic heterocycles. The molecule has 3 aliphatic heterocycles. The zero-order valence-electron chi connectivity index (χ0n) is 24.2. The number of carbonyl (C=O) groups excluding carboxylic acids is 3. The van der Waals surface area contributed by atoms with E-state index >= 15 is 0 Å². The molecule has 3 amide bonds. The third kappa shape index (κ3) is 4.15. The van der Waals surface area contributed by atoms with Crippen molar-refractivity contribution in [3.63, 3.8) is 0 Å². The zero-order valence-corrected chi connectivity index (χ0v) is 24.2. The van der Waals surface area contributed by atoms with Crippen LogP contribution < -0.4 is 10.6 Å². The van der Waals surface area contributed by atoms with Gasteiger partial charge in [0.05, 0.1) is 30.1 Å². The summed E-state index contributed by atoms with van der Waals surface area (Å²) >= 11 is 0. The van der Waals surface area contributed by atoms with E-state index in [0.717, 1.165) is 11.1 Å². The molecule has 3 N–H and O–H groups in total. The van der Waals surface area contributed by atoms with Crippen LogP contribution in [0.1, 0.15) is 51.7 Å². The molecule has 1 spiro atoms. The summed E-state index contributed by atoms with van der Waals surface area (Å²) in [5.74, 6) is -2.72. The van der Waals surface area contributed by atoms with Gasteiger partial charge in [-0.05, 0) is 62.3 Å². The smallest absolute Gasteiger partial charge is 0.250 e. The molecule has 8 atom stereocenters. The highest BCUT2D eigenvalue weighted by molar-refractivity contribution is 6.05. The van der Waals surface area contributed by atoms with Crippen LogP contribution in [0.25, 0.3) is 0 Å². The van der Waals surface area contributed by atoms with Crippen LogP contribution in [0.15, 0.2) is 48.5 Å². The number of ether oxygens (including phenoxy) is 1. The SMILES string of the molecule is CC[C@H](C)[C@H](CO)N1C(=O)[C@@H]2[C@@H](C(=O)Nc3ccccc3)[C@]3(C)OC2(CC3C)C1C(=O)Nc1c(C)cccc1C.